The fraction of sp³-hybridized carbons (Fsp3) is 0.333. The van der Waals surface area contributed by atoms with E-state index in [0.29, 0.717) is 24.6 Å². The molecule has 0 aliphatic heterocycles. The highest BCUT2D eigenvalue weighted by atomic mass is 35.5. The normalized spacial score (nSPS) is 12.3. The van der Waals surface area contributed by atoms with E-state index in [2.05, 4.69) is 42.5 Å². The third kappa shape index (κ3) is 6.02. The van der Waals surface area contributed by atoms with E-state index in [1.807, 2.05) is 48.5 Å². The molecule has 2 aromatic carbocycles. The van der Waals surface area contributed by atoms with Gasteiger partial charge in [-0.25, -0.2) is 4.98 Å². The summed E-state index contributed by atoms with van der Waals surface area (Å²) >= 11 is 6.16. The molecule has 0 aliphatic carbocycles. The Morgan fingerprint density at radius 1 is 1.00 bits per heavy atom. The lowest BCUT2D eigenvalue weighted by Crippen LogP contribution is -2.28. The molecule has 7 heteroatoms. The van der Waals surface area contributed by atoms with Gasteiger partial charge >= 0.3 is 5.97 Å². The number of furan rings is 1. The Labute approximate surface area is 239 Å². The summed E-state index contributed by atoms with van der Waals surface area (Å²) in [5, 5.41) is 11.8. The number of halogens is 1. The van der Waals surface area contributed by atoms with Crippen molar-refractivity contribution in [2.24, 2.45) is 10.8 Å². The number of benzene rings is 2. The van der Waals surface area contributed by atoms with Crippen LogP contribution in [0, 0.1) is 10.8 Å². The predicted molar refractivity (Wildman–Crippen MR) is 159 cm³/mol. The quantitative estimate of drug-likeness (QED) is 0.197. The molecule has 40 heavy (non-hydrogen) atoms. The molecule has 1 N–H and O–H groups in total. The van der Waals surface area contributed by atoms with Gasteiger partial charge in [-0.05, 0) is 79.3 Å². The van der Waals surface area contributed by atoms with Gasteiger partial charge in [0, 0.05) is 40.7 Å². The molecule has 208 valence electrons. The maximum absolute atomic E-state index is 12.2. The molecule has 0 radical (unpaired) electrons. The van der Waals surface area contributed by atoms with Crippen molar-refractivity contribution in [1.82, 2.24) is 9.55 Å². The van der Waals surface area contributed by atoms with Crippen molar-refractivity contribution in [2.45, 2.75) is 60.6 Å². The van der Waals surface area contributed by atoms with E-state index in [1.165, 1.54) is 0 Å². The van der Waals surface area contributed by atoms with Gasteiger partial charge in [-0.2, -0.15) is 0 Å². The number of aromatic nitrogens is 2. The summed E-state index contributed by atoms with van der Waals surface area (Å²) < 4.78 is 13.9. The van der Waals surface area contributed by atoms with Crippen molar-refractivity contribution in [3.8, 4) is 5.75 Å². The number of hydrogen-bond donors (Lipinski definition) is 1. The number of carbonyl (C=O) groups is 1. The summed E-state index contributed by atoms with van der Waals surface area (Å²) in [5.74, 6) is -0.0759. The monoisotopic (exact) mass is 558 g/mol. The first kappa shape index (κ1) is 27.8. The van der Waals surface area contributed by atoms with Crippen LogP contribution in [-0.2, 0) is 30.8 Å². The van der Waals surface area contributed by atoms with Gasteiger partial charge in [0.2, 0.25) is 0 Å². The summed E-state index contributed by atoms with van der Waals surface area (Å²) in [5.41, 5.74) is 5.76. The number of nitrogens with zero attached hydrogens (tertiary/aromatic N) is 2. The molecule has 0 fully saturated rings. The van der Waals surface area contributed by atoms with Crippen LogP contribution in [0.3, 0.4) is 0 Å². The first-order valence-electron chi connectivity index (χ1n) is 13.5. The second-order valence-corrected chi connectivity index (χ2v) is 12.8. The fourth-order valence-electron chi connectivity index (χ4n) is 5.06. The van der Waals surface area contributed by atoms with E-state index in [-0.39, 0.29) is 5.41 Å². The molecule has 0 aliphatic rings. The highest BCUT2D eigenvalue weighted by molar-refractivity contribution is 6.30. The van der Waals surface area contributed by atoms with Gasteiger partial charge in [0.25, 0.3) is 0 Å². The van der Waals surface area contributed by atoms with Crippen LogP contribution in [-0.4, -0.2) is 20.6 Å². The lowest BCUT2D eigenvalue weighted by Gasteiger charge is -2.24. The number of aliphatic carboxylic acids is 1. The summed E-state index contributed by atoms with van der Waals surface area (Å²) in [6, 6.07) is 19.6. The number of fused-ring (bicyclic) bond motifs is 2. The molecule has 6 nitrogen and oxygen atoms in total. The van der Waals surface area contributed by atoms with Crippen LogP contribution in [0.15, 0.2) is 71.3 Å². The SMILES string of the molecule is CC(C)(C)Cc1c(CC(C)(C)C(=O)O)n(Cc2ccc(Cl)cc2)c2ccc(OCc3ccc4occc4n3)cc12. The molecule has 3 heterocycles. The molecule has 0 unspecified atom stereocenters. The number of pyridine rings is 1. The first-order valence-corrected chi connectivity index (χ1v) is 13.9. The second-order valence-electron chi connectivity index (χ2n) is 12.3. The minimum absolute atomic E-state index is 0.0116. The Balaban J connectivity index is 1.59. The van der Waals surface area contributed by atoms with Crippen molar-refractivity contribution in [3.05, 3.63) is 94.5 Å². The smallest absolute Gasteiger partial charge is 0.309 e. The summed E-state index contributed by atoms with van der Waals surface area (Å²) in [6.07, 6.45) is 2.83. The van der Waals surface area contributed by atoms with Gasteiger partial charge < -0.3 is 18.8 Å². The molecule has 5 aromatic rings. The third-order valence-electron chi connectivity index (χ3n) is 7.16. The molecular formula is C33H35ClN2O4. The van der Waals surface area contributed by atoms with Gasteiger partial charge in [0.1, 0.15) is 17.9 Å². The maximum atomic E-state index is 12.2. The van der Waals surface area contributed by atoms with Gasteiger partial charge in [0.05, 0.1) is 17.4 Å². The van der Waals surface area contributed by atoms with Crippen LogP contribution in [0.2, 0.25) is 5.02 Å². The van der Waals surface area contributed by atoms with Crippen LogP contribution in [0.25, 0.3) is 22.0 Å². The van der Waals surface area contributed by atoms with Crippen LogP contribution in [0.4, 0.5) is 0 Å². The largest absolute Gasteiger partial charge is 0.487 e. The maximum Gasteiger partial charge on any atom is 0.309 e. The molecule has 5 rings (SSSR count). The zero-order valence-corrected chi connectivity index (χ0v) is 24.4. The molecule has 0 bridgehead atoms. The van der Waals surface area contributed by atoms with E-state index in [9.17, 15) is 9.90 Å². The Hall–Kier alpha value is -3.77. The summed E-state index contributed by atoms with van der Waals surface area (Å²) in [6.45, 7) is 11.1. The minimum atomic E-state index is -0.935. The van der Waals surface area contributed by atoms with Gasteiger partial charge in [0.15, 0.2) is 5.58 Å². The van der Waals surface area contributed by atoms with Gasteiger partial charge in [-0.3, -0.25) is 4.79 Å². The van der Waals surface area contributed by atoms with Crippen LogP contribution in [0.1, 0.15) is 57.1 Å². The molecule has 0 spiro atoms. The number of rotatable bonds is 9. The number of carboxylic acids is 1. The summed E-state index contributed by atoms with van der Waals surface area (Å²) in [4.78, 5) is 16.8. The molecule has 0 saturated carbocycles. The van der Waals surface area contributed by atoms with Gasteiger partial charge in [-0.15, -0.1) is 0 Å². The Morgan fingerprint density at radius 3 is 2.45 bits per heavy atom. The Bertz CT molecular complexity index is 1670. The average Bonchev–Trinajstić information content (AvgIpc) is 3.46. The van der Waals surface area contributed by atoms with Gasteiger partial charge in [-0.1, -0.05) is 44.5 Å². The molecule has 3 aromatic heterocycles. The van der Waals surface area contributed by atoms with Crippen molar-refractivity contribution < 1.29 is 19.1 Å². The third-order valence-corrected chi connectivity index (χ3v) is 7.41. The minimum Gasteiger partial charge on any atom is -0.487 e. The molecular weight excluding hydrogens is 524 g/mol. The Kier molecular flexibility index (Phi) is 7.40. The zero-order valence-electron chi connectivity index (χ0n) is 23.6. The lowest BCUT2D eigenvalue weighted by molar-refractivity contribution is -0.146. The van der Waals surface area contributed by atoms with Crippen molar-refractivity contribution >= 4 is 39.6 Å². The molecule has 0 saturated heterocycles. The van der Waals surface area contributed by atoms with E-state index in [0.717, 1.165) is 56.7 Å². The van der Waals surface area contributed by atoms with Crippen LogP contribution >= 0.6 is 11.6 Å². The van der Waals surface area contributed by atoms with Crippen molar-refractivity contribution in [2.75, 3.05) is 0 Å². The first-order chi connectivity index (χ1) is 18.9. The highest BCUT2D eigenvalue weighted by Gasteiger charge is 2.32. The van der Waals surface area contributed by atoms with Crippen LogP contribution in [0.5, 0.6) is 5.75 Å². The van der Waals surface area contributed by atoms with Crippen LogP contribution < -0.4 is 4.74 Å². The van der Waals surface area contributed by atoms with E-state index in [1.54, 1.807) is 20.1 Å². The average molecular weight is 559 g/mol. The van der Waals surface area contributed by atoms with E-state index >= 15 is 0 Å². The second kappa shape index (κ2) is 10.7. The summed E-state index contributed by atoms with van der Waals surface area (Å²) in [7, 11) is 0. The fourth-order valence-corrected chi connectivity index (χ4v) is 5.18. The zero-order chi connectivity index (χ0) is 28.7. The lowest BCUT2D eigenvalue weighted by atomic mass is 9.82. The van der Waals surface area contributed by atoms with Crippen molar-refractivity contribution in [3.63, 3.8) is 0 Å². The van der Waals surface area contributed by atoms with E-state index in [4.69, 9.17) is 20.8 Å². The van der Waals surface area contributed by atoms with Crippen molar-refractivity contribution in [1.29, 1.82) is 0 Å². The van der Waals surface area contributed by atoms with E-state index < -0.39 is 11.4 Å². The Morgan fingerprint density at radius 2 is 1.75 bits per heavy atom. The number of carboxylic acid groups (broad SMARTS) is 1. The standard InChI is InChI=1S/C33H35ClN2O4/c1-32(2,3)17-26-25-16-24(40-20-23-10-13-30-27(35-23)14-15-39-30)11-12-28(25)36(19-21-6-8-22(34)9-7-21)29(26)18-33(4,5)31(37)38/h6-16H,17-20H2,1-5H3,(H,37,38). The number of ether oxygens (including phenoxy) is 1. The predicted octanol–water partition coefficient (Wildman–Crippen LogP) is 8.31. The molecule has 0 atom stereocenters. The number of hydrogen-bond acceptors (Lipinski definition) is 4. The molecule has 0 amide bonds. The highest BCUT2D eigenvalue weighted by Crippen LogP contribution is 2.38. The topological polar surface area (TPSA) is 77.5 Å².